The smallest absolute Gasteiger partial charge is 0.224 e. The molecule has 3 rings (SSSR count). The van der Waals surface area contributed by atoms with Crippen molar-refractivity contribution >= 4 is 17.4 Å². The lowest BCUT2D eigenvalue weighted by Crippen LogP contribution is -2.39. The highest BCUT2D eigenvalue weighted by Gasteiger charge is 2.34. The Hall–Kier alpha value is -1.68. The number of amides is 1. The Morgan fingerprint density at radius 2 is 1.95 bits per heavy atom. The van der Waals surface area contributed by atoms with E-state index < -0.39 is 0 Å². The maximum atomic E-state index is 12.2. The van der Waals surface area contributed by atoms with Gasteiger partial charge in [0.05, 0.1) is 0 Å². The van der Waals surface area contributed by atoms with Crippen LogP contribution < -0.4 is 10.6 Å². The molecule has 2 saturated heterocycles. The lowest BCUT2D eigenvalue weighted by atomic mass is 9.89. The minimum Gasteiger partial charge on any atom is -0.326 e. The van der Waals surface area contributed by atoms with Crippen molar-refractivity contribution in [3.8, 4) is 0 Å². The lowest BCUT2D eigenvalue weighted by molar-refractivity contribution is -0.117. The number of carbonyl (C=O) groups is 2. The molecule has 21 heavy (non-hydrogen) atoms. The molecular formula is C17H22N2O2. The third-order valence-corrected chi connectivity index (χ3v) is 4.60. The maximum absolute atomic E-state index is 12.2. The summed E-state index contributed by atoms with van der Waals surface area (Å²) < 4.78 is 0. The maximum Gasteiger partial charge on any atom is 0.224 e. The third kappa shape index (κ3) is 3.50. The van der Waals surface area contributed by atoms with Crippen LogP contribution in [0.4, 0.5) is 5.69 Å². The highest BCUT2D eigenvalue weighted by Crippen LogP contribution is 2.32. The quantitative estimate of drug-likeness (QED) is 0.837. The van der Waals surface area contributed by atoms with Crippen molar-refractivity contribution in [3.05, 3.63) is 29.8 Å². The molecule has 0 aliphatic carbocycles. The zero-order chi connectivity index (χ0) is 14.8. The summed E-state index contributed by atoms with van der Waals surface area (Å²) in [6.07, 6.45) is 5.31. The molecule has 1 aromatic rings. The van der Waals surface area contributed by atoms with E-state index in [2.05, 4.69) is 10.6 Å². The van der Waals surface area contributed by atoms with E-state index in [4.69, 9.17) is 0 Å². The van der Waals surface area contributed by atoms with Gasteiger partial charge < -0.3 is 10.6 Å². The second-order valence-electron chi connectivity index (χ2n) is 6.36. The second kappa shape index (κ2) is 5.98. The van der Waals surface area contributed by atoms with Crippen LogP contribution in [-0.2, 0) is 4.79 Å². The molecule has 0 radical (unpaired) electrons. The van der Waals surface area contributed by atoms with Crippen LogP contribution in [0.2, 0.25) is 0 Å². The predicted molar refractivity (Wildman–Crippen MR) is 82.4 cm³/mol. The Morgan fingerprint density at radius 1 is 1.24 bits per heavy atom. The Balaban J connectivity index is 1.56. The topological polar surface area (TPSA) is 58.2 Å². The Bertz CT molecular complexity index is 543. The van der Waals surface area contributed by atoms with Crippen LogP contribution in [-0.4, -0.2) is 23.8 Å². The summed E-state index contributed by atoms with van der Waals surface area (Å²) in [4.78, 5) is 23.5. The van der Waals surface area contributed by atoms with Gasteiger partial charge >= 0.3 is 0 Å². The highest BCUT2D eigenvalue weighted by atomic mass is 16.1. The molecule has 4 nitrogen and oxygen atoms in total. The predicted octanol–water partition coefficient (Wildman–Crippen LogP) is 2.75. The molecule has 2 heterocycles. The molecule has 2 fully saturated rings. The number of hydrogen-bond donors (Lipinski definition) is 2. The molecular weight excluding hydrogens is 264 g/mol. The molecule has 112 valence electrons. The van der Waals surface area contributed by atoms with E-state index in [0.29, 0.717) is 35.7 Å². The van der Waals surface area contributed by atoms with Crippen LogP contribution in [0.3, 0.4) is 0 Å². The molecule has 0 spiro atoms. The Morgan fingerprint density at radius 3 is 2.62 bits per heavy atom. The van der Waals surface area contributed by atoms with E-state index in [9.17, 15) is 9.59 Å². The molecule has 1 amide bonds. The number of hydrogen-bond acceptors (Lipinski definition) is 3. The van der Waals surface area contributed by atoms with Crippen LogP contribution in [0.15, 0.2) is 24.3 Å². The number of piperidine rings is 1. The summed E-state index contributed by atoms with van der Waals surface area (Å²) in [7, 11) is 0. The molecule has 2 aliphatic rings. The van der Waals surface area contributed by atoms with E-state index in [1.54, 1.807) is 18.2 Å². The van der Waals surface area contributed by atoms with Crippen molar-refractivity contribution < 1.29 is 9.59 Å². The zero-order valence-corrected chi connectivity index (χ0v) is 12.4. The average molecular weight is 286 g/mol. The molecule has 2 bridgehead atoms. The zero-order valence-electron chi connectivity index (χ0n) is 12.4. The SMILES string of the molecule is CC(=O)c1cccc(NC(=O)CC2CC3CCC(C2)N3)c1. The van der Waals surface area contributed by atoms with Crippen molar-refractivity contribution in [2.45, 2.75) is 51.1 Å². The monoisotopic (exact) mass is 286 g/mol. The minimum absolute atomic E-state index is 0.0148. The van der Waals surface area contributed by atoms with Crippen molar-refractivity contribution in [2.75, 3.05) is 5.32 Å². The second-order valence-corrected chi connectivity index (χ2v) is 6.36. The first-order valence-corrected chi connectivity index (χ1v) is 7.77. The first kappa shape index (κ1) is 14.3. The summed E-state index contributed by atoms with van der Waals surface area (Å²) in [6.45, 7) is 1.53. The molecule has 2 N–H and O–H groups in total. The van der Waals surface area contributed by atoms with E-state index in [1.807, 2.05) is 6.07 Å². The molecule has 1 aromatic carbocycles. The van der Waals surface area contributed by atoms with Crippen LogP contribution in [0.25, 0.3) is 0 Å². The number of nitrogens with one attached hydrogen (secondary N) is 2. The van der Waals surface area contributed by atoms with E-state index in [1.165, 1.54) is 19.8 Å². The number of ketones is 1. The minimum atomic E-state index is 0.0148. The van der Waals surface area contributed by atoms with Crippen LogP contribution >= 0.6 is 0 Å². The van der Waals surface area contributed by atoms with Crippen molar-refractivity contribution in [2.24, 2.45) is 5.92 Å². The fourth-order valence-electron chi connectivity index (χ4n) is 3.63. The normalized spacial score (nSPS) is 27.4. The Kier molecular flexibility index (Phi) is 4.06. The van der Waals surface area contributed by atoms with Crippen molar-refractivity contribution in [1.29, 1.82) is 0 Å². The summed E-state index contributed by atoms with van der Waals surface area (Å²) >= 11 is 0. The third-order valence-electron chi connectivity index (χ3n) is 4.60. The first-order chi connectivity index (χ1) is 10.1. The van der Waals surface area contributed by atoms with Crippen LogP contribution in [0.1, 0.15) is 49.4 Å². The lowest BCUT2D eigenvalue weighted by Gasteiger charge is -2.28. The van der Waals surface area contributed by atoms with Crippen LogP contribution in [0.5, 0.6) is 0 Å². The van der Waals surface area contributed by atoms with E-state index in [0.717, 1.165) is 12.8 Å². The van der Waals surface area contributed by atoms with Gasteiger partial charge in [-0.25, -0.2) is 0 Å². The fourth-order valence-corrected chi connectivity index (χ4v) is 3.63. The number of benzene rings is 1. The van der Waals surface area contributed by atoms with Gasteiger partial charge in [-0.3, -0.25) is 9.59 Å². The summed E-state index contributed by atoms with van der Waals surface area (Å²) in [5.41, 5.74) is 1.34. The molecule has 0 aromatic heterocycles. The first-order valence-electron chi connectivity index (χ1n) is 7.77. The van der Waals surface area contributed by atoms with Crippen LogP contribution in [0, 0.1) is 5.92 Å². The Labute approximate surface area is 125 Å². The summed E-state index contributed by atoms with van der Waals surface area (Å²) in [6, 6.07) is 8.37. The number of rotatable bonds is 4. The molecule has 2 unspecified atom stereocenters. The van der Waals surface area contributed by atoms with Gasteiger partial charge in [0.25, 0.3) is 0 Å². The summed E-state index contributed by atoms with van der Waals surface area (Å²) in [5, 5.41) is 6.52. The number of fused-ring (bicyclic) bond motifs is 2. The van der Waals surface area contributed by atoms with Gasteiger partial charge in [0.1, 0.15) is 0 Å². The van der Waals surface area contributed by atoms with Gasteiger partial charge in [-0.1, -0.05) is 12.1 Å². The van der Waals surface area contributed by atoms with E-state index in [-0.39, 0.29) is 11.7 Å². The molecule has 2 atom stereocenters. The number of Topliss-reactive ketones (excluding diaryl/α,β-unsaturated/α-hetero) is 1. The van der Waals surface area contributed by atoms with Crippen molar-refractivity contribution in [1.82, 2.24) is 5.32 Å². The largest absolute Gasteiger partial charge is 0.326 e. The van der Waals surface area contributed by atoms with Gasteiger partial charge in [-0.2, -0.15) is 0 Å². The van der Waals surface area contributed by atoms with Gasteiger partial charge in [0.15, 0.2) is 5.78 Å². The standard InChI is InChI=1S/C17H22N2O2/c1-11(20)13-3-2-4-14(10-13)19-17(21)9-12-7-15-5-6-16(8-12)18-15/h2-4,10,12,15-16,18H,5-9H2,1H3,(H,19,21). The molecule has 0 saturated carbocycles. The number of carbonyl (C=O) groups excluding carboxylic acids is 2. The van der Waals surface area contributed by atoms with Gasteiger partial charge in [0.2, 0.25) is 5.91 Å². The van der Waals surface area contributed by atoms with Crippen molar-refractivity contribution in [3.63, 3.8) is 0 Å². The highest BCUT2D eigenvalue weighted by molar-refractivity contribution is 5.97. The summed E-state index contributed by atoms with van der Waals surface area (Å²) in [5.74, 6) is 0.558. The average Bonchev–Trinajstić information content (AvgIpc) is 2.78. The van der Waals surface area contributed by atoms with Gasteiger partial charge in [0, 0.05) is 29.8 Å². The fraction of sp³-hybridized carbons (Fsp3) is 0.529. The van der Waals surface area contributed by atoms with E-state index >= 15 is 0 Å². The number of anilines is 1. The molecule has 4 heteroatoms. The molecule has 2 aliphatic heterocycles. The van der Waals surface area contributed by atoms with Gasteiger partial charge in [-0.15, -0.1) is 0 Å². The van der Waals surface area contributed by atoms with Gasteiger partial charge in [-0.05, 0) is 50.7 Å².